The molecule has 4 N–H and O–H groups in total. The Morgan fingerprint density at radius 1 is 1.43 bits per heavy atom. The summed E-state index contributed by atoms with van der Waals surface area (Å²) in [5.74, 6) is -0.969. The molecule has 0 spiro atoms. The van der Waals surface area contributed by atoms with Crippen molar-refractivity contribution < 1.29 is 9.59 Å². The maximum atomic E-state index is 11.3. The molecular weight excluding hydrogens is 184 g/mol. The fourth-order valence-electron chi connectivity index (χ4n) is 2.06. The number of carbonyl (C=O) groups is 2. The summed E-state index contributed by atoms with van der Waals surface area (Å²) >= 11 is 0. The molecule has 2 amide bonds. The van der Waals surface area contributed by atoms with Crippen molar-refractivity contribution in [1.29, 1.82) is 5.41 Å². The predicted octanol–water partition coefficient (Wildman–Crippen LogP) is -1.53. The second kappa shape index (κ2) is 2.97. The van der Waals surface area contributed by atoms with E-state index in [1.54, 1.807) is 4.90 Å². The van der Waals surface area contributed by atoms with Gasteiger partial charge in [-0.2, -0.15) is 0 Å². The minimum atomic E-state index is -0.319. The number of fused-ring (bicyclic) bond motifs is 1. The number of guanidine groups is 1. The van der Waals surface area contributed by atoms with Crippen molar-refractivity contribution in [2.24, 2.45) is 17.6 Å². The molecule has 2 aliphatic heterocycles. The van der Waals surface area contributed by atoms with Crippen LogP contribution in [0.15, 0.2) is 0 Å². The zero-order chi connectivity index (χ0) is 10.3. The Morgan fingerprint density at radius 3 is 2.71 bits per heavy atom. The minimum Gasteiger partial charge on any atom is -0.370 e. The van der Waals surface area contributed by atoms with Crippen molar-refractivity contribution in [2.75, 3.05) is 13.1 Å². The van der Waals surface area contributed by atoms with E-state index in [9.17, 15) is 9.59 Å². The molecule has 0 aromatic rings. The monoisotopic (exact) mass is 196 g/mol. The van der Waals surface area contributed by atoms with Gasteiger partial charge in [-0.1, -0.05) is 0 Å². The fraction of sp³-hybridized carbons (Fsp3) is 0.625. The van der Waals surface area contributed by atoms with Gasteiger partial charge in [-0.3, -0.25) is 20.3 Å². The van der Waals surface area contributed by atoms with Gasteiger partial charge in [0, 0.05) is 13.1 Å². The van der Waals surface area contributed by atoms with E-state index in [0.717, 1.165) is 0 Å². The number of nitrogens with zero attached hydrogens (tertiary/aromatic N) is 1. The highest BCUT2D eigenvalue weighted by Crippen LogP contribution is 2.27. The standard InChI is InChI=1S/C8H12N4O2/c9-8(10)12-2-1-4-5(3-12)7(14)11-6(4)13/h4-5H,1-3H2,(H3,9,10)(H,11,13,14). The lowest BCUT2D eigenvalue weighted by atomic mass is 9.88. The second-order valence-electron chi connectivity index (χ2n) is 3.69. The zero-order valence-corrected chi connectivity index (χ0v) is 7.62. The highest BCUT2D eigenvalue weighted by Gasteiger charge is 2.44. The molecule has 76 valence electrons. The lowest BCUT2D eigenvalue weighted by Crippen LogP contribution is -2.47. The van der Waals surface area contributed by atoms with E-state index >= 15 is 0 Å². The van der Waals surface area contributed by atoms with E-state index in [1.807, 2.05) is 0 Å². The Bertz CT molecular complexity index is 314. The first-order chi connectivity index (χ1) is 6.59. The Morgan fingerprint density at radius 2 is 2.07 bits per heavy atom. The molecule has 2 saturated heterocycles. The first-order valence-corrected chi connectivity index (χ1v) is 4.53. The summed E-state index contributed by atoms with van der Waals surface area (Å²) in [6.45, 7) is 0.967. The molecule has 6 nitrogen and oxygen atoms in total. The van der Waals surface area contributed by atoms with Crippen LogP contribution in [0.25, 0.3) is 0 Å². The molecule has 0 radical (unpaired) electrons. The molecule has 0 saturated carbocycles. The van der Waals surface area contributed by atoms with Crippen molar-refractivity contribution in [1.82, 2.24) is 10.2 Å². The van der Waals surface area contributed by atoms with Crippen molar-refractivity contribution in [2.45, 2.75) is 6.42 Å². The number of rotatable bonds is 0. The topological polar surface area (TPSA) is 99.3 Å². The van der Waals surface area contributed by atoms with E-state index in [2.05, 4.69) is 5.32 Å². The number of imide groups is 1. The van der Waals surface area contributed by atoms with Gasteiger partial charge >= 0.3 is 0 Å². The maximum absolute atomic E-state index is 11.3. The van der Waals surface area contributed by atoms with Crippen LogP contribution in [0, 0.1) is 17.2 Å². The Balaban J connectivity index is 2.13. The zero-order valence-electron chi connectivity index (χ0n) is 7.62. The van der Waals surface area contributed by atoms with Crippen LogP contribution >= 0.6 is 0 Å². The van der Waals surface area contributed by atoms with E-state index in [0.29, 0.717) is 19.5 Å². The summed E-state index contributed by atoms with van der Waals surface area (Å²) in [6.07, 6.45) is 0.599. The largest absolute Gasteiger partial charge is 0.370 e. The van der Waals surface area contributed by atoms with Gasteiger partial charge < -0.3 is 10.6 Å². The smallest absolute Gasteiger partial charge is 0.232 e. The molecule has 0 aromatic carbocycles. The van der Waals surface area contributed by atoms with Gasteiger partial charge in [0.05, 0.1) is 11.8 Å². The van der Waals surface area contributed by atoms with Crippen molar-refractivity contribution in [3.8, 4) is 0 Å². The lowest BCUT2D eigenvalue weighted by Gasteiger charge is -2.32. The molecule has 2 heterocycles. The van der Waals surface area contributed by atoms with Gasteiger partial charge in [-0.15, -0.1) is 0 Å². The Kier molecular flexibility index (Phi) is 1.90. The molecule has 6 heteroatoms. The molecule has 2 unspecified atom stereocenters. The van der Waals surface area contributed by atoms with Crippen LogP contribution in [0.3, 0.4) is 0 Å². The average Bonchev–Trinajstić information content (AvgIpc) is 2.42. The molecule has 14 heavy (non-hydrogen) atoms. The van der Waals surface area contributed by atoms with Crippen LogP contribution in [0.2, 0.25) is 0 Å². The highest BCUT2D eigenvalue weighted by atomic mass is 16.2. The van der Waals surface area contributed by atoms with Crippen LogP contribution in [0.5, 0.6) is 0 Å². The second-order valence-corrected chi connectivity index (χ2v) is 3.69. The fourth-order valence-corrected chi connectivity index (χ4v) is 2.06. The molecule has 2 aliphatic rings. The van der Waals surface area contributed by atoms with Crippen molar-refractivity contribution in [3.63, 3.8) is 0 Å². The molecule has 0 aromatic heterocycles. The molecule has 2 rings (SSSR count). The summed E-state index contributed by atoms with van der Waals surface area (Å²) in [6, 6.07) is 0. The van der Waals surface area contributed by atoms with Crippen LogP contribution in [-0.4, -0.2) is 35.8 Å². The Hall–Kier alpha value is -1.59. The molecule has 0 aliphatic carbocycles. The first-order valence-electron chi connectivity index (χ1n) is 4.53. The average molecular weight is 196 g/mol. The first kappa shape index (κ1) is 8.98. The van der Waals surface area contributed by atoms with Gasteiger partial charge in [0.1, 0.15) is 0 Å². The highest BCUT2D eigenvalue weighted by molar-refractivity contribution is 6.05. The van der Waals surface area contributed by atoms with Crippen molar-refractivity contribution >= 4 is 17.8 Å². The number of carbonyl (C=O) groups excluding carboxylic acids is 2. The van der Waals surface area contributed by atoms with Crippen LogP contribution < -0.4 is 11.1 Å². The van der Waals surface area contributed by atoms with Crippen LogP contribution in [0.4, 0.5) is 0 Å². The van der Waals surface area contributed by atoms with Crippen LogP contribution in [-0.2, 0) is 9.59 Å². The normalized spacial score (nSPS) is 31.3. The van der Waals surface area contributed by atoms with E-state index in [-0.39, 0.29) is 29.6 Å². The van der Waals surface area contributed by atoms with E-state index in [4.69, 9.17) is 11.1 Å². The molecule has 0 bridgehead atoms. The summed E-state index contributed by atoms with van der Waals surface area (Å²) in [7, 11) is 0. The van der Waals surface area contributed by atoms with Gasteiger partial charge in [0.2, 0.25) is 11.8 Å². The number of hydrogen-bond donors (Lipinski definition) is 3. The quantitative estimate of drug-likeness (QED) is 0.249. The van der Waals surface area contributed by atoms with Crippen molar-refractivity contribution in [3.05, 3.63) is 0 Å². The lowest BCUT2D eigenvalue weighted by molar-refractivity contribution is -0.126. The van der Waals surface area contributed by atoms with E-state index in [1.165, 1.54) is 0 Å². The van der Waals surface area contributed by atoms with Gasteiger partial charge in [0.15, 0.2) is 5.96 Å². The molecular formula is C8H12N4O2. The van der Waals surface area contributed by atoms with E-state index < -0.39 is 0 Å². The summed E-state index contributed by atoms with van der Waals surface area (Å²) in [5.41, 5.74) is 5.32. The number of hydrogen-bond acceptors (Lipinski definition) is 3. The maximum Gasteiger partial charge on any atom is 0.232 e. The van der Waals surface area contributed by atoms with Crippen LogP contribution in [0.1, 0.15) is 6.42 Å². The third-order valence-corrected chi connectivity index (χ3v) is 2.87. The number of amides is 2. The number of nitrogens with one attached hydrogen (secondary N) is 2. The third kappa shape index (κ3) is 1.23. The Labute approximate surface area is 80.9 Å². The molecule has 2 fully saturated rings. The minimum absolute atomic E-state index is 0.0319. The molecule has 2 atom stereocenters. The number of likely N-dealkylation sites (tertiary alicyclic amines) is 1. The van der Waals surface area contributed by atoms with Gasteiger partial charge in [-0.05, 0) is 6.42 Å². The SMILES string of the molecule is N=C(N)N1CCC2C(=O)NC(=O)C2C1. The summed E-state index contributed by atoms with van der Waals surface area (Å²) < 4.78 is 0. The number of piperidine rings is 1. The third-order valence-electron chi connectivity index (χ3n) is 2.87. The summed E-state index contributed by atoms with van der Waals surface area (Å²) in [5, 5.41) is 9.55. The summed E-state index contributed by atoms with van der Waals surface area (Å²) in [4.78, 5) is 24.2. The predicted molar refractivity (Wildman–Crippen MR) is 48.2 cm³/mol. The van der Waals surface area contributed by atoms with Gasteiger partial charge in [0.25, 0.3) is 0 Å². The number of nitrogens with two attached hydrogens (primary N) is 1. The van der Waals surface area contributed by atoms with Gasteiger partial charge in [-0.25, -0.2) is 0 Å².